The summed E-state index contributed by atoms with van der Waals surface area (Å²) in [4.78, 5) is 33.7. The van der Waals surface area contributed by atoms with Crippen LogP contribution in [0.4, 0.5) is 5.82 Å². The third-order valence-corrected chi connectivity index (χ3v) is 4.33. The summed E-state index contributed by atoms with van der Waals surface area (Å²) >= 11 is 0. The minimum atomic E-state index is -0.958. The monoisotopic (exact) mass is 372 g/mol. The van der Waals surface area contributed by atoms with E-state index in [0.717, 1.165) is 22.1 Å². The van der Waals surface area contributed by atoms with Crippen LogP contribution in [0.5, 0.6) is 0 Å². The number of pyridine rings is 1. The number of hydrogen-bond acceptors (Lipinski definition) is 5. The van der Waals surface area contributed by atoms with Crippen LogP contribution in [-0.4, -0.2) is 26.0 Å². The summed E-state index contributed by atoms with van der Waals surface area (Å²) in [7, 11) is 0. The topological polar surface area (TPSA) is 108 Å². The Hall–Kier alpha value is -4.00. The Morgan fingerprint density at radius 2 is 1.82 bits per heavy atom. The van der Waals surface area contributed by atoms with Gasteiger partial charge < -0.3 is 10.4 Å². The Labute approximate surface area is 159 Å². The molecule has 0 aliphatic heterocycles. The summed E-state index contributed by atoms with van der Waals surface area (Å²) in [6, 6.07) is 18.2. The predicted molar refractivity (Wildman–Crippen MR) is 106 cm³/mol. The molecule has 138 valence electrons. The van der Waals surface area contributed by atoms with Gasteiger partial charge in [-0.2, -0.15) is 4.98 Å². The molecule has 2 heterocycles. The van der Waals surface area contributed by atoms with Crippen LogP contribution >= 0.6 is 0 Å². The number of nitrogens with zero attached hydrogens (tertiary/aromatic N) is 2. The molecule has 0 radical (unpaired) electrons. The maximum atomic E-state index is 11.7. The highest BCUT2D eigenvalue weighted by molar-refractivity contribution is 5.89. The van der Waals surface area contributed by atoms with Crippen LogP contribution in [0, 0.1) is 0 Å². The highest BCUT2D eigenvalue weighted by Gasteiger charge is 2.07. The SMILES string of the molecule is O=C(O)c1cccc(-c2cccc(CNc3nc(=O)[nH]c4ncccc34)c2)c1. The molecule has 4 rings (SSSR count). The molecule has 3 N–H and O–H groups in total. The Kier molecular flexibility index (Phi) is 4.55. The van der Waals surface area contributed by atoms with Crippen LogP contribution in [0.2, 0.25) is 0 Å². The molecule has 0 amide bonds. The standard InChI is InChI=1S/C21H16N4O3/c26-20(27)16-7-2-6-15(11-16)14-5-1-4-13(10-14)12-23-19-17-8-3-9-22-18(17)24-21(28)25-19/h1-11H,12H2,(H,26,27)(H2,22,23,24,25,28). The molecule has 0 atom stereocenters. The molecule has 0 fully saturated rings. The number of aromatic amines is 1. The molecule has 4 aromatic rings. The zero-order chi connectivity index (χ0) is 19.5. The van der Waals surface area contributed by atoms with Crippen molar-refractivity contribution in [2.75, 3.05) is 5.32 Å². The second-order valence-corrected chi connectivity index (χ2v) is 6.23. The summed E-state index contributed by atoms with van der Waals surface area (Å²) in [5.41, 5.74) is 2.96. The number of carbonyl (C=O) groups is 1. The lowest BCUT2D eigenvalue weighted by Crippen LogP contribution is -2.14. The summed E-state index contributed by atoms with van der Waals surface area (Å²) in [5.74, 6) is -0.495. The van der Waals surface area contributed by atoms with E-state index in [-0.39, 0.29) is 5.56 Å². The fraction of sp³-hybridized carbons (Fsp3) is 0.0476. The number of carboxylic acids is 1. The van der Waals surface area contributed by atoms with Crippen molar-refractivity contribution in [2.24, 2.45) is 0 Å². The van der Waals surface area contributed by atoms with Gasteiger partial charge in [-0.1, -0.05) is 30.3 Å². The minimum absolute atomic E-state index is 0.243. The van der Waals surface area contributed by atoms with Gasteiger partial charge in [-0.15, -0.1) is 0 Å². The van der Waals surface area contributed by atoms with Crippen molar-refractivity contribution in [2.45, 2.75) is 6.54 Å². The van der Waals surface area contributed by atoms with Gasteiger partial charge in [0.15, 0.2) is 0 Å². The molecule has 0 bridgehead atoms. The maximum absolute atomic E-state index is 11.7. The lowest BCUT2D eigenvalue weighted by molar-refractivity contribution is 0.0697. The van der Waals surface area contributed by atoms with E-state index in [1.54, 1.807) is 30.5 Å². The van der Waals surface area contributed by atoms with Gasteiger partial charge >= 0.3 is 11.7 Å². The van der Waals surface area contributed by atoms with E-state index in [4.69, 9.17) is 0 Å². The Morgan fingerprint density at radius 3 is 2.64 bits per heavy atom. The predicted octanol–water partition coefficient (Wildman–Crippen LogP) is 3.30. The average molecular weight is 372 g/mol. The molecule has 7 nitrogen and oxygen atoms in total. The second kappa shape index (κ2) is 7.32. The number of hydrogen-bond donors (Lipinski definition) is 3. The zero-order valence-electron chi connectivity index (χ0n) is 14.7. The van der Waals surface area contributed by atoms with Gasteiger partial charge in [-0.25, -0.2) is 14.6 Å². The quantitative estimate of drug-likeness (QED) is 0.496. The van der Waals surface area contributed by atoms with E-state index in [1.807, 2.05) is 36.4 Å². The summed E-state index contributed by atoms with van der Waals surface area (Å²) in [5, 5.41) is 13.1. The molecular weight excluding hydrogens is 356 g/mol. The van der Waals surface area contributed by atoms with E-state index in [9.17, 15) is 14.7 Å². The van der Waals surface area contributed by atoms with Crippen molar-refractivity contribution >= 4 is 22.8 Å². The van der Waals surface area contributed by atoms with Crippen molar-refractivity contribution in [3.8, 4) is 11.1 Å². The first-order valence-corrected chi connectivity index (χ1v) is 8.62. The maximum Gasteiger partial charge on any atom is 0.348 e. The summed E-state index contributed by atoms with van der Waals surface area (Å²) in [6.45, 7) is 0.451. The van der Waals surface area contributed by atoms with Gasteiger partial charge in [0.1, 0.15) is 11.5 Å². The fourth-order valence-electron chi connectivity index (χ4n) is 3.00. The normalized spacial score (nSPS) is 10.7. The zero-order valence-corrected chi connectivity index (χ0v) is 14.7. The van der Waals surface area contributed by atoms with E-state index in [0.29, 0.717) is 18.0 Å². The smallest absolute Gasteiger partial charge is 0.348 e. The first kappa shape index (κ1) is 17.4. The van der Waals surface area contributed by atoms with Crippen LogP contribution in [-0.2, 0) is 6.54 Å². The molecule has 0 aliphatic rings. The second-order valence-electron chi connectivity index (χ2n) is 6.23. The van der Waals surface area contributed by atoms with Gasteiger partial charge in [0.2, 0.25) is 0 Å². The summed E-state index contributed by atoms with van der Waals surface area (Å²) < 4.78 is 0. The number of benzene rings is 2. The number of anilines is 1. The highest BCUT2D eigenvalue weighted by Crippen LogP contribution is 2.23. The van der Waals surface area contributed by atoms with E-state index < -0.39 is 11.7 Å². The largest absolute Gasteiger partial charge is 0.478 e. The molecule has 7 heteroatoms. The molecule has 2 aromatic heterocycles. The highest BCUT2D eigenvalue weighted by atomic mass is 16.4. The molecule has 0 unspecified atom stereocenters. The number of rotatable bonds is 5. The number of H-pyrrole nitrogens is 1. The number of aromatic carboxylic acids is 1. The molecule has 0 aliphatic carbocycles. The van der Waals surface area contributed by atoms with Crippen LogP contribution in [0.3, 0.4) is 0 Å². The van der Waals surface area contributed by atoms with Crippen molar-refractivity contribution in [1.29, 1.82) is 0 Å². The van der Waals surface area contributed by atoms with Crippen LogP contribution in [0.15, 0.2) is 71.7 Å². The van der Waals surface area contributed by atoms with E-state index in [1.165, 1.54) is 0 Å². The molecule has 0 saturated carbocycles. The molecule has 0 spiro atoms. The van der Waals surface area contributed by atoms with Crippen molar-refractivity contribution in [1.82, 2.24) is 15.0 Å². The lowest BCUT2D eigenvalue weighted by atomic mass is 10.0. The number of fused-ring (bicyclic) bond motifs is 1. The first-order valence-electron chi connectivity index (χ1n) is 8.62. The van der Waals surface area contributed by atoms with E-state index in [2.05, 4.69) is 20.3 Å². The van der Waals surface area contributed by atoms with Gasteiger partial charge in [0.25, 0.3) is 0 Å². The molecular formula is C21H16N4O3. The number of nitrogens with one attached hydrogen (secondary N) is 2. The summed E-state index contributed by atoms with van der Waals surface area (Å²) in [6.07, 6.45) is 1.61. The van der Waals surface area contributed by atoms with Crippen molar-refractivity contribution in [3.63, 3.8) is 0 Å². The Bertz CT molecular complexity index is 1230. The molecule has 0 saturated heterocycles. The van der Waals surface area contributed by atoms with Gasteiger partial charge in [-0.05, 0) is 47.0 Å². The third kappa shape index (κ3) is 3.59. The van der Waals surface area contributed by atoms with Gasteiger partial charge in [0, 0.05) is 12.7 Å². The van der Waals surface area contributed by atoms with Crippen LogP contribution < -0.4 is 11.0 Å². The first-order chi connectivity index (χ1) is 13.6. The fourth-order valence-corrected chi connectivity index (χ4v) is 3.00. The average Bonchev–Trinajstić information content (AvgIpc) is 2.72. The third-order valence-electron chi connectivity index (χ3n) is 4.33. The molecule has 2 aromatic carbocycles. The van der Waals surface area contributed by atoms with Crippen LogP contribution in [0.25, 0.3) is 22.2 Å². The number of carboxylic acid groups (broad SMARTS) is 1. The van der Waals surface area contributed by atoms with Crippen LogP contribution in [0.1, 0.15) is 15.9 Å². The van der Waals surface area contributed by atoms with Gasteiger partial charge in [-0.3, -0.25) is 4.98 Å². The Morgan fingerprint density at radius 1 is 1.04 bits per heavy atom. The van der Waals surface area contributed by atoms with Crippen molar-refractivity contribution < 1.29 is 9.90 Å². The minimum Gasteiger partial charge on any atom is -0.478 e. The Balaban J connectivity index is 1.61. The van der Waals surface area contributed by atoms with E-state index >= 15 is 0 Å². The van der Waals surface area contributed by atoms with Crippen molar-refractivity contribution in [3.05, 3.63) is 88.5 Å². The lowest BCUT2D eigenvalue weighted by Gasteiger charge is -2.10. The number of aromatic nitrogens is 3. The van der Waals surface area contributed by atoms with Gasteiger partial charge in [0.05, 0.1) is 10.9 Å². The molecule has 28 heavy (non-hydrogen) atoms.